The molecule has 6 heteroatoms. The zero-order valence-electron chi connectivity index (χ0n) is 16.2. The minimum Gasteiger partial charge on any atom is -0.497 e. The van der Waals surface area contributed by atoms with E-state index in [1.807, 2.05) is 49.4 Å². The predicted octanol–water partition coefficient (Wildman–Crippen LogP) is 3.52. The molecule has 1 amide bonds. The summed E-state index contributed by atoms with van der Waals surface area (Å²) < 4.78 is 5.18. The second kappa shape index (κ2) is 9.17. The van der Waals surface area contributed by atoms with Crippen molar-refractivity contribution in [3.63, 3.8) is 0 Å². The van der Waals surface area contributed by atoms with Crippen LogP contribution in [0.3, 0.4) is 0 Å². The zero-order valence-corrected chi connectivity index (χ0v) is 16.2. The molecule has 1 heterocycles. The van der Waals surface area contributed by atoms with Gasteiger partial charge in [-0.25, -0.2) is 4.98 Å². The van der Waals surface area contributed by atoms with E-state index in [-0.39, 0.29) is 17.5 Å². The van der Waals surface area contributed by atoms with E-state index in [0.717, 1.165) is 17.7 Å². The van der Waals surface area contributed by atoms with Crippen LogP contribution in [0.1, 0.15) is 43.6 Å². The molecule has 6 nitrogen and oxygen atoms in total. The van der Waals surface area contributed by atoms with Crippen LogP contribution in [-0.4, -0.2) is 23.0 Å². The Hall–Kier alpha value is -3.15. The van der Waals surface area contributed by atoms with E-state index in [9.17, 15) is 9.59 Å². The Bertz CT molecular complexity index is 996. The molecule has 0 aliphatic heterocycles. The first kappa shape index (κ1) is 19.6. The molecule has 0 aliphatic rings. The van der Waals surface area contributed by atoms with Gasteiger partial charge in [0.1, 0.15) is 11.6 Å². The molecule has 0 unspecified atom stereocenters. The van der Waals surface area contributed by atoms with Crippen molar-refractivity contribution in [2.24, 2.45) is 0 Å². The molecular formula is C22H25N3O3. The van der Waals surface area contributed by atoms with E-state index in [0.29, 0.717) is 36.0 Å². The number of benzene rings is 2. The number of fused-ring (bicyclic) bond motifs is 1. The molecule has 2 N–H and O–H groups in total. The first-order chi connectivity index (χ1) is 13.6. The van der Waals surface area contributed by atoms with Crippen molar-refractivity contribution in [1.82, 2.24) is 15.3 Å². The molecule has 0 saturated heterocycles. The molecular weight excluding hydrogens is 354 g/mol. The highest BCUT2D eigenvalue weighted by molar-refractivity contribution is 5.77. The number of para-hydroxylation sites is 1. The molecule has 1 atom stereocenters. The molecule has 0 aliphatic carbocycles. The van der Waals surface area contributed by atoms with Crippen LogP contribution in [0.25, 0.3) is 10.9 Å². The zero-order chi connectivity index (χ0) is 19.9. The SMILES string of the molecule is CC[C@H](NC(=O)CCCc1nc2ccccc2c(=O)[nH]1)c1ccc(OC)cc1. The summed E-state index contributed by atoms with van der Waals surface area (Å²) in [6.45, 7) is 2.04. The van der Waals surface area contributed by atoms with Gasteiger partial charge in [-0.3, -0.25) is 9.59 Å². The number of ether oxygens (including phenoxy) is 1. The predicted molar refractivity (Wildman–Crippen MR) is 109 cm³/mol. The summed E-state index contributed by atoms with van der Waals surface area (Å²) in [6.07, 6.45) is 2.35. The fraction of sp³-hybridized carbons (Fsp3) is 0.318. The normalized spacial score (nSPS) is 11.9. The largest absolute Gasteiger partial charge is 0.497 e. The van der Waals surface area contributed by atoms with Crippen LogP contribution in [0.15, 0.2) is 53.3 Å². The Kier molecular flexibility index (Phi) is 6.42. The van der Waals surface area contributed by atoms with E-state index in [2.05, 4.69) is 15.3 Å². The standard InChI is InChI=1S/C22H25N3O3/c1-3-18(15-11-13-16(28-2)14-12-15)24-21(26)10-6-9-20-23-19-8-5-4-7-17(19)22(27)25-20/h4-5,7-8,11-14,18H,3,6,9-10H2,1-2H3,(H,24,26)(H,23,25,27)/t18-/m0/s1. The van der Waals surface area contributed by atoms with Crippen LogP contribution in [0.5, 0.6) is 5.75 Å². The monoisotopic (exact) mass is 379 g/mol. The highest BCUT2D eigenvalue weighted by Gasteiger charge is 2.13. The van der Waals surface area contributed by atoms with E-state index in [1.165, 1.54) is 0 Å². The molecule has 1 aromatic heterocycles. The maximum atomic E-state index is 12.4. The first-order valence-electron chi connectivity index (χ1n) is 9.52. The Morgan fingerprint density at radius 2 is 1.93 bits per heavy atom. The van der Waals surface area contributed by atoms with Crippen LogP contribution in [-0.2, 0) is 11.2 Å². The van der Waals surface area contributed by atoms with Crippen molar-refractivity contribution in [1.29, 1.82) is 0 Å². The third-order valence-electron chi connectivity index (χ3n) is 4.74. The number of hydrogen-bond donors (Lipinski definition) is 2. The number of aromatic amines is 1. The average molecular weight is 379 g/mol. The maximum absolute atomic E-state index is 12.4. The fourth-order valence-corrected chi connectivity index (χ4v) is 3.19. The van der Waals surface area contributed by atoms with Gasteiger partial charge >= 0.3 is 0 Å². The molecule has 0 fully saturated rings. The van der Waals surface area contributed by atoms with Gasteiger partial charge in [-0.15, -0.1) is 0 Å². The summed E-state index contributed by atoms with van der Waals surface area (Å²) in [5, 5.41) is 3.65. The minimum atomic E-state index is -0.143. The molecule has 0 spiro atoms. The number of hydrogen-bond acceptors (Lipinski definition) is 4. The third-order valence-corrected chi connectivity index (χ3v) is 4.74. The van der Waals surface area contributed by atoms with Gasteiger partial charge in [0, 0.05) is 12.8 Å². The summed E-state index contributed by atoms with van der Waals surface area (Å²) in [7, 11) is 1.63. The van der Waals surface area contributed by atoms with Gasteiger partial charge in [0.2, 0.25) is 5.91 Å². The molecule has 0 saturated carbocycles. The van der Waals surface area contributed by atoms with Gasteiger partial charge in [0.15, 0.2) is 0 Å². The van der Waals surface area contributed by atoms with E-state index in [4.69, 9.17) is 4.74 Å². The highest BCUT2D eigenvalue weighted by atomic mass is 16.5. The average Bonchev–Trinajstić information content (AvgIpc) is 2.72. The fourth-order valence-electron chi connectivity index (χ4n) is 3.19. The van der Waals surface area contributed by atoms with Crippen LogP contribution in [0, 0.1) is 0 Å². The van der Waals surface area contributed by atoms with Gasteiger partial charge in [0.05, 0.1) is 24.1 Å². The lowest BCUT2D eigenvalue weighted by Gasteiger charge is -2.18. The summed E-state index contributed by atoms with van der Waals surface area (Å²) >= 11 is 0. The summed E-state index contributed by atoms with van der Waals surface area (Å²) in [5.41, 5.74) is 1.59. The highest BCUT2D eigenvalue weighted by Crippen LogP contribution is 2.20. The number of nitrogens with zero attached hydrogens (tertiary/aromatic N) is 1. The molecule has 146 valence electrons. The van der Waals surface area contributed by atoms with Gasteiger partial charge in [-0.2, -0.15) is 0 Å². The van der Waals surface area contributed by atoms with E-state index < -0.39 is 0 Å². The number of amides is 1. The number of nitrogens with one attached hydrogen (secondary N) is 2. The van der Waals surface area contributed by atoms with Gasteiger partial charge in [0.25, 0.3) is 5.56 Å². The Balaban J connectivity index is 1.55. The van der Waals surface area contributed by atoms with Crippen molar-refractivity contribution in [3.05, 3.63) is 70.3 Å². The van der Waals surface area contributed by atoms with Crippen molar-refractivity contribution in [2.45, 2.75) is 38.6 Å². The van der Waals surface area contributed by atoms with Crippen LogP contribution >= 0.6 is 0 Å². The number of carbonyl (C=O) groups excluding carboxylic acids is 1. The molecule has 3 aromatic rings. The first-order valence-corrected chi connectivity index (χ1v) is 9.52. The number of carbonyl (C=O) groups is 1. The molecule has 2 aromatic carbocycles. The lowest BCUT2D eigenvalue weighted by Crippen LogP contribution is -2.28. The topological polar surface area (TPSA) is 84.1 Å². The van der Waals surface area contributed by atoms with Crippen LogP contribution < -0.4 is 15.6 Å². The Morgan fingerprint density at radius 3 is 2.64 bits per heavy atom. The van der Waals surface area contributed by atoms with Crippen LogP contribution in [0.4, 0.5) is 0 Å². The number of aromatic nitrogens is 2. The van der Waals surface area contributed by atoms with Crippen molar-refractivity contribution < 1.29 is 9.53 Å². The van der Waals surface area contributed by atoms with Crippen molar-refractivity contribution in [2.75, 3.05) is 7.11 Å². The van der Waals surface area contributed by atoms with E-state index in [1.54, 1.807) is 13.2 Å². The quantitative estimate of drug-likeness (QED) is 0.627. The van der Waals surface area contributed by atoms with Crippen molar-refractivity contribution >= 4 is 16.8 Å². The summed E-state index contributed by atoms with van der Waals surface area (Å²) in [5.74, 6) is 1.39. The van der Waals surface area contributed by atoms with Gasteiger partial charge in [-0.1, -0.05) is 31.2 Å². The molecule has 0 bridgehead atoms. The maximum Gasteiger partial charge on any atom is 0.258 e. The number of H-pyrrole nitrogens is 1. The van der Waals surface area contributed by atoms with Gasteiger partial charge < -0.3 is 15.0 Å². The Morgan fingerprint density at radius 1 is 1.18 bits per heavy atom. The second-order valence-electron chi connectivity index (χ2n) is 6.68. The summed E-state index contributed by atoms with van der Waals surface area (Å²) in [4.78, 5) is 31.7. The van der Waals surface area contributed by atoms with Gasteiger partial charge in [-0.05, 0) is 42.7 Å². The number of rotatable bonds is 8. The van der Waals surface area contributed by atoms with Crippen molar-refractivity contribution in [3.8, 4) is 5.75 Å². The summed E-state index contributed by atoms with van der Waals surface area (Å²) in [6, 6.07) is 14.9. The molecule has 28 heavy (non-hydrogen) atoms. The smallest absolute Gasteiger partial charge is 0.258 e. The molecule has 3 rings (SSSR count). The lowest BCUT2D eigenvalue weighted by molar-refractivity contribution is -0.122. The number of aryl methyl sites for hydroxylation is 1. The van der Waals surface area contributed by atoms with Crippen LogP contribution in [0.2, 0.25) is 0 Å². The lowest BCUT2D eigenvalue weighted by atomic mass is 10.0. The Labute approximate surface area is 164 Å². The number of methoxy groups -OCH3 is 1. The van der Waals surface area contributed by atoms with E-state index >= 15 is 0 Å². The third kappa shape index (κ3) is 4.76. The second-order valence-corrected chi connectivity index (χ2v) is 6.68. The molecule has 0 radical (unpaired) electrons. The minimum absolute atomic E-state index is 0.00851.